The molecule has 0 atom stereocenters. The van der Waals surface area contributed by atoms with Gasteiger partial charge >= 0.3 is 5.97 Å². The van der Waals surface area contributed by atoms with Gasteiger partial charge in [-0.3, -0.25) is 4.79 Å². The summed E-state index contributed by atoms with van der Waals surface area (Å²) in [5.74, 6) is -2.41. The normalized spacial score (nSPS) is 10.5. The maximum absolute atomic E-state index is 11.2. The minimum atomic E-state index is -1.47. The van der Waals surface area contributed by atoms with Crippen molar-refractivity contribution in [1.29, 1.82) is 0 Å². The van der Waals surface area contributed by atoms with E-state index in [0.29, 0.717) is 10.4 Å². The summed E-state index contributed by atoms with van der Waals surface area (Å²) in [6.07, 6.45) is 1.58. The van der Waals surface area contributed by atoms with Gasteiger partial charge < -0.3 is 10.1 Å². The molecule has 0 unspecified atom stereocenters. The predicted octanol–water partition coefficient (Wildman–Crippen LogP) is 2.09. The zero-order chi connectivity index (χ0) is 11.0. The van der Waals surface area contributed by atoms with E-state index in [2.05, 4.69) is 4.98 Å². The van der Waals surface area contributed by atoms with E-state index >= 15 is 0 Å². The topological polar surface area (TPSA) is 70.2 Å². The second-order valence-corrected chi connectivity index (χ2v) is 3.44. The summed E-state index contributed by atoms with van der Waals surface area (Å²) in [5, 5.41) is 9.64. The van der Waals surface area contributed by atoms with Gasteiger partial charge in [-0.15, -0.1) is 0 Å². The van der Waals surface area contributed by atoms with Crippen molar-refractivity contribution in [3.8, 4) is 0 Å². The lowest BCUT2D eigenvalue weighted by atomic mass is 10.1. The number of nitrogens with one attached hydrogen (secondary N) is 1. The number of aromatic nitrogens is 1. The van der Waals surface area contributed by atoms with Crippen LogP contribution in [0, 0.1) is 0 Å². The number of carboxylic acid groups (broad SMARTS) is 1. The van der Waals surface area contributed by atoms with Gasteiger partial charge in [0.2, 0.25) is 0 Å². The predicted molar refractivity (Wildman–Crippen MR) is 55.3 cm³/mol. The van der Waals surface area contributed by atoms with Crippen LogP contribution in [0.3, 0.4) is 0 Å². The fourth-order valence-corrected chi connectivity index (χ4v) is 1.56. The Kier molecular flexibility index (Phi) is 2.21. The molecule has 0 bridgehead atoms. The van der Waals surface area contributed by atoms with E-state index in [1.165, 1.54) is 12.1 Å². The third-order valence-electron chi connectivity index (χ3n) is 2.09. The molecule has 0 aliphatic heterocycles. The lowest BCUT2D eigenvalue weighted by molar-refractivity contribution is -0.131. The van der Waals surface area contributed by atoms with Crippen LogP contribution in [0.1, 0.15) is 10.4 Å². The first kappa shape index (κ1) is 9.73. The van der Waals surface area contributed by atoms with Gasteiger partial charge in [0.05, 0.1) is 5.02 Å². The fraction of sp³-hybridized carbons (Fsp3) is 0. The summed E-state index contributed by atoms with van der Waals surface area (Å²) in [4.78, 5) is 24.5. The lowest BCUT2D eigenvalue weighted by Crippen LogP contribution is -2.12. The second-order valence-electron chi connectivity index (χ2n) is 3.03. The van der Waals surface area contributed by atoms with Gasteiger partial charge in [0, 0.05) is 22.7 Å². The van der Waals surface area contributed by atoms with E-state index < -0.39 is 11.8 Å². The number of aliphatic carboxylic acids is 1. The highest BCUT2D eigenvalue weighted by atomic mass is 35.5. The van der Waals surface area contributed by atoms with Crippen molar-refractivity contribution in [3.63, 3.8) is 0 Å². The molecular weight excluding hydrogens is 218 g/mol. The number of carbonyl (C=O) groups is 2. The van der Waals surface area contributed by atoms with Crippen molar-refractivity contribution in [2.75, 3.05) is 0 Å². The molecular formula is C10H6ClNO3. The van der Waals surface area contributed by atoms with Crippen molar-refractivity contribution < 1.29 is 14.7 Å². The van der Waals surface area contributed by atoms with Gasteiger partial charge in [0.15, 0.2) is 0 Å². The molecule has 0 aliphatic rings. The van der Waals surface area contributed by atoms with E-state index in [-0.39, 0.29) is 5.56 Å². The number of carboxylic acids is 1. The molecule has 2 aromatic rings. The number of halogens is 1. The van der Waals surface area contributed by atoms with Gasteiger partial charge in [0.25, 0.3) is 5.78 Å². The Morgan fingerprint density at radius 1 is 1.33 bits per heavy atom. The number of H-pyrrole nitrogens is 1. The van der Waals surface area contributed by atoms with E-state index in [9.17, 15) is 9.59 Å². The Morgan fingerprint density at radius 3 is 2.73 bits per heavy atom. The first-order valence-electron chi connectivity index (χ1n) is 4.14. The molecule has 5 heteroatoms. The number of Topliss-reactive ketones (excluding diaryl/α,β-unsaturated/α-hetero) is 1. The molecule has 0 saturated heterocycles. The number of fused-ring (bicyclic) bond motifs is 1. The quantitative estimate of drug-likeness (QED) is 0.605. The number of aromatic amines is 1. The van der Waals surface area contributed by atoms with Gasteiger partial charge in [0.1, 0.15) is 0 Å². The summed E-state index contributed by atoms with van der Waals surface area (Å²) in [6.45, 7) is 0. The van der Waals surface area contributed by atoms with Crippen LogP contribution in [-0.4, -0.2) is 21.8 Å². The number of hydrogen-bond acceptors (Lipinski definition) is 2. The van der Waals surface area contributed by atoms with Crippen LogP contribution >= 0.6 is 11.6 Å². The van der Waals surface area contributed by atoms with Crippen LogP contribution < -0.4 is 0 Å². The number of carbonyl (C=O) groups excluding carboxylic acids is 1. The highest BCUT2D eigenvalue weighted by Gasteiger charge is 2.15. The van der Waals surface area contributed by atoms with Gasteiger partial charge in [-0.05, 0) is 18.2 Å². The molecule has 0 aliphatic carbocycles. The smallest absolute Gasteiger partial charge is 0.377 e. The molecule has 0 fully saturated rings. The zero-order valence-corrected chi connectivity index (χ0v) is 8.21. The average Bonchev–Trinajstić information content (AvgIpc) is 2.59. The monoisotopic (exact) mass is 223 g/mol. The lowest BCUT2D eigenvalue weighted by Gasteiger charge is -1.96. The third kappa shape index (κ3) is 1.59. The van der Waals surface area contributed by atoms with E-state index in [1.54, 1.807) is 12.3 Å². The van der Waals surface area contributed by atoms with E-state index in [4.69, 9.17) is 16.7 Å². The molecule has 2 N–H and O–H groups in total. The van der Waals surface area contributed by atoms with Crippen molar-refractivity contribution in [3.05, 3.63) is 35.0 Å². The van der Waals surface area contributed by atoms with Crippen LogP contribution in [0.2, 0.25) is 5.02 Å². The summed E-state index contributed by atoms with van der Waals surface area (Å²) >= 11 is 5.84. The van der Waals surface area contributed by atoms with Gasteiger partial charge in [-0.25, -0.2) is 4.79 Å². The van der Waals surface area contributed by atoms with Crippen LogP contribution in [0.15, 0.2) is 24.4 Å². The summed E-state index contributed by atoms with van der Waals surface area (Å²) in [5.41, 5.74) is 0.887. The molecule has 2 rings (SSSR count). The second kappa shape index (κ2) is 3.40. The number of rotatable bonds is 2. The van der Waals surface area contributed by atoms with Crippen molar-refractivity contribution >= 4 is 34.3 Å². The maximum atomic E-state index is 11.2. The largest absolute Gasteiger partial charge is 0.475 e. The molecule has 0 spiro atoms. The van der Waals surface area contributed by atoms with Crippen molar-refractivity contribution in [1.82, 2.24) is 4.98 Å². The average molecular weight is 224 g/mol. The van der Waals surface area contributed by atoms with Gasteiger partial charge in [-0.2, -0.15) is 0 Å². The summed E-state index contributed by atoms with van der Waals surface area (Å²) in [6, 6.07) is 4.54. The Labute approximate surface area is 89.5 Å². The Hall–Kier alpha value is -1.81. The van der Waals surface area contributed by atoms with Crippen LogP contribution in [0.5, 0.6) is 0 Å². The zero-order valence-electron chi connectivity index (χ0n) is 7.45. The van der Waals surface area contributed by atoms with Gasteiger partial charge in [-0.1, -0.05) is 11.6 Å². The minimum Gasteiger partial charge on any atom is -0.475 e. The van der Waals surface area contributed by atoms with Crippen LogP contribution in [0.25, 0.3) is 10.9 Å². The molecule has 76 valence electrons. The molecule has 1 aromatic carbocycles. The fourth-order valence-electron chi connectivity index (χ4n) is 1.35. The first-order valence-corrected chi connectivity index (χ1v) is 4.51. The highest BCUT2D eigenvalue weighted by Crippen LogP contribution is 2.23. The standard InChI is InChI=1S/C10H6ClNO3/c11-7-4-12-8-2-1-5(3-6(7)8)9(13)10(14)15/h1-4,12H,(H,14,15). The molecule has 0 amide bonds. The summed E-state index contributed by atoms with van der Waals surface area (Å²) in [7, 11) is 0. The highest BCUT2D eigenvalue weighted by molar-refractivity contribution is 6.41. The van der Waals surface area contributed by atoms with Crippen LogP contribution in [-0.2, 0) is 4.79 Å². The maximum Gasteiger partial charge on any atom is 0.377 e. The number of ketones is 1. The van der Waals surface area contributed by atoms with Crippen molar-refractivity contribution in [2.45, 2.75) is 0 Å². The Bertz CT molecular complexity index is 559. The van der Waals surface area contributed by atoms with E-state index in [0.717, 1.165) is 5.52 Å². The Balaban J connectivity index is 2.59. The first-order chi connectivity index (χ1) is 7.09. The molecule has 4 nitrogen and oxygen atoms in total. The molecule has 0 saturated carbocycles. The number of hydrogen-bond donors (Lipinski definition) is 2. The minimum absolute atomic E-state index is 0.122. The summed E-state index contributed by atoms with van der Waals surface area (Å²) < 4.78 is 0. The SMILES string of the molecule is O=C(O)C(=O)c1ccc2[nH]cc(Cl)c2c1. The third-order valence-corrected chi connectivity index (χ3v) is 2.40. The number of benzene rings is 1. The Morgan fingerprint density at radius 2 is 2.07 bits per heavy atom. The molecule has 0 radical (unpaired) electrons. The van der Waals surface area contributed by atoms with Crippen LogP contribution in [0.4, 0.5) is 0 Å². The van der Waals surface area contributed by atoms with E-state index in [1.807, 2.05) is 0 Å². The molecule has 1 heterocycles. The molecule has 1 aromatic heterocycles. The molecule has 15 heavy (non-hydrogen) atoms. The van der Waals surface area contributed by atoms with Crippen molar-refractivity contribution in [2.24, 2.45) is 0 Å².